The summed E-state index contributed by atoms with van der Waals surface area (Å²) in [6, 6.07) is 13.4. The molecule has 5 rings (SSSR count). The van der Waals surface area contributed by atoms with Crippen LogP contribution in [0.2, 0.25) is 0 Å². The molecule has 1 aromatic carbocycles. The molecule has 0 aliphatic carbocycles. The summed E-state index contributed by atoms with van der Waals surface area (Å²) < 4.78 is 5.95. The van der Waals surface area contributed by atoms with E-state index in [1.54, 1.807) is 11.3 Å². The number of thiophene rings is 1. The number of carbonyl (C=O) groups is 1. The number of piperidine rings is 3. The van der Waals surface area contributed by atoms with Gasteiger partial charge in [-0.05, 0) is 55.4 Å². The zero-order valence-corrected chi connectivity index (χ0v) is 15.6. The Hall–Kier alpha value is -1.56. The molecule has 4 nitrogen and oxygen atoms in total. The second-order valence-electron chi connectivity index (χ2n) is 6.57. The van der Waals surface area contributed by atoms with Crippen molar-refractivity contribution in [1.29, 1.82) is 0 Å². The first kappa shape index (κ1) is 18.2. The van der Waals surface area contributed by atoms with Gasteiger partial charge in [0.25, 0.3) is 0 Å². The summed E-state index contributed by atoms with van der Waals surface area (Å²) in [4.78, 5) is 16.3. The van der Waals surface area contributed by atoms with Gasteiger partial charge in [0.15, 0.2) is 6.04 Å². The van der Waals surface area contributed by atoms with Crippen molar-refractivity contribution in [3.63, 3.8) is 0 Å². The molecule has 0 amide bonds. The Morgan fingerprint density at radius 1 is 1.16 bits per heavy atom. The number of benzene rings is 1. The fraction of sp³-hybridized carbons (Fsp3) is 0.421. The normalized spacial score (nSPS) is 25.7. The predicted octanol–water partition coefficient (Wildman–Crippen LogP) is 3.96. The molecule has 0 radical (unpaired) electrons. The van der Waals surface area contributed by atoms with Crippen molar-refractivity contribution in [2.45, 2.75) is 25.0 Å². The highest BCUT2D eigenvalue weighted by atomic mass is 35.5. The van der Waals surface area contributed by atoms with E-state index in [0.29, 0.717) is 5.92 Å². The number of anilines is 1. The quantitative estimate of drug-likeness (QED) is 0.799. The summed E-state index contributed by atoms with van der Waals surface area (Å²) in [6.07, 6.45) is 2.33. The molecule has 2 aromatic rings. The Balaban J connectivity index is 0.00000182. The summed E-state index contributed by atoms with van der Waals surface area (Å²) in [5.41, 5.74) is 0.932. The SMILES string of the molecule is Cl.O=C(O[C@H]1CN2CCC1CC2)C(Nc1ccccc1)c1cccs1. The number of hydrogen-bond acceptors (Lipinski definition) is 5. The number of ether oxygens (including phenoxy) is 1. The van der Waals surface area contributed by atoms with Crippen LogP contribution in [0.5, 0.6) is 0 Å². The first-order chi connectivity index (χ1) is 11.8. The molecule has 3 saturated heterocycles. The van der Waals surface area contributed by atoms with Gasteiger partial charge in [0.05, 0.1) is 0 Å². The largest absolute Gasteiger partial charge is 0.459 e. The molecule has 6 heteroatoms. The number of para-hydroxylation sites is 1. The molecule has 0 spiro atoms. The van der Waals surface area contributed by atoms with Gasteiger partial charge in [-0.1, -0.05) is 24.3 Å². The number of carbonyl (C=O) groups excluding carboxylic acids is 1. The Morgan fingerprint density at radius 2 is 1.92 bits per heavy atom. The second-order valence-corrected chi connectivity index (χ2v) is 7.55. The first-order valence-electron chi connectivity index (χ1n) is 8.57. The molecule has 3 aliphatic rings. The van der Waals surface area contributed by atoms with Crippen molar-refractivity contribution in [2.24, 2.45) is 5.92 Å². The smallest absolute Gasteiger partial charge is 0.334 e. The standard InChI is InChI=1S/C19H22N2O2S.ClH/c22-19(23-16-13-21-10-8-14(16)9-11-21)18(17-7-4-12-24-17)20-15-5-2-1-3-6-15;/h1-7,12,14,16,18,20H,8-11,13H2;1H/t16-,18?;/m0./s1. The van der Waals surface area contributed by atoms with Crippen LogP contribution in [0.25, 0.3) is 0 Å². The number of halogens is 1. The minimum atomic E-state index is -0.442. The maximum atomic E-state index is 12.9. The van der Waals surface area contributed by atoms with Crippen molar-refractivity contribution in [3.05, 3.63) is 52.7 Å². The van der Waals surface area contributed by atoms with E-state index in [0.717, 1.165) is 43.0 Å². The fourth-order valence-electron chi connectivity index (χ4n) is 3.66. The molecule has 3 fully saturated rings. The van der Waals surface area contributed by atoms with Crippen LogP contribution in [-0.4, -0.2) is 36.6 Å². The summed E-state index contributed by atoms with van der Waals surface area (Å²) in [5.74, 6) is 0.361. The van der Waals surface area contributed by atoms with Crippen molar-refractivity contribution < 1.29 is 9.53 Å². The van der Waals surface area contributed by atoms with Gasteiger partial charge < -0.3 is 10.1 Å². The Labute approximate surface area is 158 Å². The lowest BCUT2D eigenvalue weighted by Crippen LogP contribution is -2.52. The number of esters is 1. The Morgan fingerprint density at radius 3 is 2.52 bits per heavy atom. The monoisotopic (exact) mass is 378 g/mol. The maximum absolute atomic E-state index is 12.9. The zero-order chi connectivity index (χ0) is 16.4. The van der Waals surface area contributed by atoms with Gasteiger partial charge in [0.2, 0.25) is 0 Å². The lowest BCUT2D eigenvalue weighted by atomic mass is 9.86. The Bertz CT molecular complexity index is 672. The average molecular weight is 379 g/mol. The van der Waals surface area contributed by atoms with E-state index in [9.17, 15) is 4.79 Å². The third-order valence-corrected chi connectivity index (χ3v) is 5.95. The van der Waals surface area contributed by atoms with Crippen LogP contribution >= 0.6 is 23.7 Å². The molecule has 134 valence electrons. The van der Waals surface area contributed by atoms with Gasteiger partial charge >= 0.3 is 5.97 Å². The van der Waals surface area contributed by atoms with Crippen LogP contribution in [0.1, 0.15) is 23.8 Å². The molecule has 2 bridgehead atoms. The molecule has 2 atom stereocenters. The van der Waals surface area contributed by atoms with E-state index < -0.39 is 6.04 Å². The molecule has 25 heavy (non-hydrogen) atoms. The molecule has 0 saturated carbocycles. The fourth-order valence-corrected chi connectivity index (χ4v) is 4.43. The number of nitrogens with zero attached hydrogens (tertiary/aromatic N) is 1. The topological polar surface area (TPSA) is 41.6 Å². The van der Waals surface area contributed by atoms with E-state index in [-0.39, 0.29) is 24.5 Å². The van der Waals surface area contributed by atoms with E-state index >= 15 is 0 Å². The number of fused-ring (bicyclic) bond motifs is 3. The molecular formula is C19H23ClN2O2S. The summed E-state index contributed by atoms with van der Waals surface area (Å²) in [5, 5.41) is 5.33. The first-order valence-corrected chi connectivity index (χ1v) is 9.45. The third kappa shape index (κ3) is 4.17. The van der Waals surface area contributed by atoms with Gasteiger partial charge in [-0.15, -0.1) is 23.7 Å². The number of nitrogens with one attached hydrogen (secondary N) is 1. The number of hydrogen-bond donors (Lipinski definition) is 1. The molecule has 1 N–H and O–H groups in total. The van der Waals surface area contributed by atoms with Crippen LogP contribution in [0.15, 0.2) is 47.8 Å². The minimum Gasteiger partial charge on any atom is -0.459 e. The van der Waals surface area contributed by atoms with Crippen LogP contribution in [0, 0.1) is 5.92 Å². The number of rotatable bonds is 5. The van der Waals surface area contributed by atoms with Gasteiger partial charge in [-0.25, -0.2) is 4.79 Å². The van der Waals surface area contributed by atoms with Gasteiger partial charge in [0, 0.05) is 17.1 Å². The highest BCUT2D eigenvalue weighted by Crippen LogP contribution is 2.32. The predicted molar refractivity (Wildman–Crippen MR) is 103 cm³/mol. The van der Waals surface area contributed by atoms with E-state index in [2.05, 4.69) is 10.2 Å². The highest BCUT2D eigenvalue weighted by Gasteiger charge is 2.38. The van der Waals surface area contributed by atoms with E-state index in [1.807, 2.05) is 47.8 Å². The van der Waals surface area contributed by atoms with Crippen LogP contribution < -0.4 is 5.32 Å². The molecule has 4 heterocycles. The second kappa shape index (κ2) is 8.21. The van der Waals surface area contributed by atoms with Gasteiger partial charge in [-0.2, -0.15) is 0 Å². The lowest BCUT2D eigenvalue weighted by Gasteiger charge is -2.44. The molecule has 3 aliphatic heterocycles. The lowest BCUT2D eigenvalue weighted by molar-refractivity contribution is -0.159. The van der Waals surface area contributed by atoms with Crippen molar-refractivity contribution in [1.82, 2.24) is 4.90 Å². The van der Waals surface area contributed by atoms with Gasteiger partial charge in [0.1, 0.15) is 6.10 Å². The summed E-state index contributed by atoms with van der Waals surface area (Å²) in [6.45, 7) is 3.18. The highest BCUT2D eigenvalue weighted by molar-refractivity contribution is 7.10. The van der Waals surface area contributed by atoms with Crippen LogP contribution in [0.3, 0.4) is 0 Å². The minimum absolute atomic E-state index is 0. The summed E-state index contributed by atoms with van der Waals surface area (Å²) in [7, 11) is 0. The van der Waals surface area contributed by atoms with Crippen molar-refractivity contribution in [3.8, 4) is 0 Å². The molecular weight excluding hydrogens is 356 g/mol. The van der Waals surface area contributed by atoms with Crippen molar-refractivity contribution in [2.75, 3.05) is 25.0 Å². The molecule has 1 aromatic heterocycles. The van der Waals surface area contributed by atoms with Gasteiger partial charge in [-0.3, -0.25) is 4.90 Å². The van der Waals surface area contributed by atoms with Crippen molar-refractivity contribution >= 4 is 35.4 Å². The van der Waals surface area contributed by atoms with E-state index in [1.165, 1.54) is 0 Å². The van der Waals surface area contributed by atoms with Crippen LogP contribution in [-0.2, 0) is 9.53 Å². The average Bonchev–Trinajstić information content (AvgIpc) is 3.16. The third-order valence-electron chi connectivity index (χ3n) is 5.01. The Kier molecular flexibility index (Phi) is 5.99. The zero-order valence-electron chi connectivity index (χ0n) is 14.0. The van der Waals surface area contributed by atoms with E-state index in [4.69, 9.17) is 4.74 Å². The summed E-state index contributed by atoms with van der Waals surface area (Å²) >= 11 is 1.58. The van der Waals surface area contributed by atoms with Crippen LogP contribution in [0.4, 0.5) is 5.69 Å². The maximum Gasteiger partial charge on any atom is 0.334 e. The molecule has 1 unspecified atom stereocenters.